The average Bonchev–Trinajstić information content (AvgIpc) is 3.22. The Morgan fingerprint density at radius 2 is 1.82 bits per heavy atom. The first kappa shape index (κ1) is 19.7. The lowest BCUT2D eigenvalue weighted by Crippen LogP contribution is -2.43. The Labute approximate surface area is 169 Å². The Morgan fingerprint density at radius 1 is 1.11 bits per heavy atom. The van der Waals surface area contributed by atoms with Gasteiger partial charge < -0.3 is 10.2 Å². The first-order valence-corrected chi connectivity index (χ1v) is 12.2. The molecule has 9 heteroatoms. The van der Waals surface area contributed by atoms with Crippen LogP contribution in [0.4, 0.5) is 5.69 Å². The van der Waals surface area contributed by atoms with Crippen molar-refractivity contribution in [3.63, 3.8) is 0 Å². The van der Waals surface area contributed by atoms with Crippen LogP contribution in [-0.2, 0) is 19.6 Å². The topological polar surface area (TPSA) is 95.6 Å². The van der Waals surface area contributed by atoms with Gasteiger partial charge in [-0.1, -0.05) is 19.3 Å². The Balaban J connectivity index is 1.50. The molecule has 7 nitrogen and oxygen atoms in total. The Kier molecular flexibility index (Phi) is 5.66. The molecular weight excluding hydrogens is 398 g/mol. The highest BCUT2D eigenvalue weighted by molar-refractivity contribution is 8.01. The van der Waals surface area contributed by atoms with Crippen molar-refractivity contribution in [1.82, 2.24) is 9.62 Å². The van der Waals surface area contributed by atoms with Crippen molar-refractivity contribution >= 4 is 39.3 Å². The van der Waals surface area contributed by atoms with E-state index in [1.165, 1.54) is 17.8 Å². The van der Waals surface area contributed by atoms with Crippen molar-refractivity contribution in [1.29, 1.82) is 0 Å². The van der Waals surface area contributed by atoms with Gasteiger partial charge in [0.05, 0.1) is 10.6 Å². The largest absolute Gasteiger partial charge is 0.341 e. The third-order valence-corrected chi connectivity index (χ3v) is 8.35. The number of benzene rings is 1. The third kappa shape index (κ3) is 4.06. The van der Waals surface area contributed by atoms with Crippen LogP contribution >= 0.6 is 11.8 Å². The third-order valence-electron chi connectivity index (χ3n) is 5.57. The minimum Gasteiger partial charge on any atom is -0.341 e. The molecular formula is C19H25N3O4S2. The molecule has 0 aromatic heterocycles. The van der Waals surface area contributed by atoms with E-state index in [-0.39, 0.29) is 22.8 Å². The maximum Gasteiger partial charge on any atom is 0.247 e. The molecule has 1 saturated heterocycles. The summed E-state index contributed by atoms with van der Waals surface area (Å²) in [6.07, 6.45) is 6.88. The van der Waals surface area contributed by atoms with Crippen molar-refractivity contribution in [2.24, 2.45) is 0 Å². The van der Waals surface area contributed by atoms with Gasteiger partial charge in [0.2, 0.25) is 21.8 Å². The number of amides is 2. The molecule has 0 spiro atoms. The van der Waals surface area contributed by atoms with Crippen LogP contribution in [0.3, 0.4) is 0 Å². The molecule has 2 aliphatic heterocycles. The maximum absolute atomic E-state index is 12.7. The lowest BCUT2D eigenvalue weighted by molar-refractivity contribution is -0.133. The number of fused-ring (bicyclic) bond motifs is 1. The number of carbonyl (C=O) groups excluding carboxylic acids is 2. The number of sulfonamides is 1. The summed E-state index contributed by atoms with van der Waals surface area (Å²) in [4.78, 5) is 27.7. The number of nitrogens with one attached hydrogen (secondary N) is 2. The Morgan fingerprint density at radius 3 is 2.54 bits per heavy atom. The molecule has 0 radical (unpaired) electrons. The van der Waals surface area contributed by atoms with Crippen LogP contribution in [0, 0.1) is 0 Å². The smallest absolute Gasteiger partial charge is 0.247 e. The van der Waals surface area contributed by atoms with Gasteiger partial charge in [-0.25, -0.2) is 13.1 Å². The van der Waals surface area contributed by atoms with Crippen LogP contribution in [0.15, 0.2) is 28.0 Å². The quantitative estimate of drug-likeness (QED) is 0.725. The molecule has 1 aliphatic carbocycles. The summed E-state index contributed by atoms with van der Waals surface area (Å²) in [5, 5.41) is 1.92. The van der Waals surface area contributed by atoms with Gasteiger partial charge in [-0.2, -0.15) is 0 Å². The molecule has 1 saturated carbocycles. The standard InChI is InChI=1S/C19H25N3O4S2/c23-18-17(19(24)22-10-4-5-11-22)27-16-9-8-14(12-15(16)20-18)28(25,26)21-13-6-2-1-3-7-13/h8-9,12-13,17,21H,1-7,10-11H2,(H,20,23)/t17-/m0/s1. The van der Waals surface area contributed by atoms with E-state index in [4.69, 9.17) is 0 Å². The van der Waals surface area contributed by atoms with Gasteiger partial charge in [-0.3, -0.25) is 9.59 Å². The highest BCUT2D eigenvalue weighted by atomic mass is 32.2. The molecule has 1 aromatic carbocycles. The van der Waals surface area contributed by atoms with Crippen LogP contribution in [0.1, 0.15) is 44.9 Å². The SMILES string of the molecule is O=C1Nc2cc(S(=O)(=O)NC3CCCCC3)ccc2S[C@@H]1C(=O)N1CCCC1. The highest BCUT2D eigenvalue weighted by Gasteiger charge is 2.37. The first-order chi connectivity index (χ1) is 13.4. The molecule has 0 unspecified atom stereocenters. The van der Waals surface area contributed by atoms with Crippen molar-refractivity contribution in [2.75, 3.05) is 18.4 Å². The van der Waals surface area contributed by atoms with Crippen molar-refractivity contribution < 1.29 is 18.0 Å². The molecule has 28 heavy (non-hydrogen) atoms. The van der Waals surface area contributed by atoms with E-state index in [0.717, 1.165) is 44.9 Å². The van der Waals surface area contributed by atoms with E-state index in [2.05, 4.69) is 10.0 Å². The summed E-state index contributed by atoms with van der Waals surface area (Å²) in [7, 11) is -3.64. The average molecular weight is 424 g/mol. The molecule has 0 bridgehead atoms. The zero-order valence-electron chi connectivity index (χ0n) is 15.6. The zero-order chi connectivity index (χ0) is 19.7. The number of hydrogen-bond donors (Lipinski definition) is 2. The van der Waals surface area contributed by atoms with Crippen LogP contribution in [0.25, 0.3) is 0 Å². The van der Waals surface area contributed by atoms with Crippen molar-refractivity contribution in [2.45, 2.75) is 66.0 Å². The van der Waals surface area contributed by atoms with Gasteiger partial charge in [-0.05, 0) is 43.9 Å². The molecule has 1 atom stereocenters. The van der Waals surface area contributed by atoms with Gasteiger partial charge >= 0.3 is 0 Å². The second-order valence-corrected chi connectivity index (χ2v) is 10.5. The minimum atomic E-state index is -3.64. The fraction of sp³-hybridized carbons (Fsp3) is 0.579. The van der Waals surface area contributed by atoms with Crippen LogP contribution in [-0.4, -0.2) is 49.5 Å². The van der Waals surface area contributed by atoms with Gasteiger partial charge in [0.1, 0.15) is 0 Å². The summed E-state index contributed by atoms with van der Waals surface area (Å²) >= 11 is 1.20. The fourth-order valence-corrected chi connectivity index (χ4v) is 6.41. The highest BCUT2D eigenvalue weighted by Crippen LogP contribution is 2.38. The summed E-state index contributed by atoms with van der Waals surface area (Å²) in [6, 6.07) is 4.69. The number of carbonyl (C=O) groups is 2. The van der Waals surface area contributed by atoms with E-state index < -0.39 is 15.3 Å². The number of anilines is 1. The van der Waals surface area contributed by atoms with Gasteiger partial charge in [0.15, 0.2) is 5.25 Å². The van der Waals surface area contributed by atoms with E-state index in [1.54, 1.807) is 17.0 Å². The van der Waals surface area contributed by atoms with Gasteiger partial charge in [-0.15, -0.1) is 11.8 Å². The van der Waals surface area contributed by atoms with E-state index in [1.807, 2.05) is 0 Å². The molecule has 152 valence electrons. The molecule has 1 aromatic rings. The first-order valence-electron chi connectivity index (χ1n) is 9.87. The number of thioether (sulfide) groups is 1. The minimum absolute atomic E-state index is 0.0267. The summed E-state index contributed by atoms with van der Waals surface area (Å²) in [5.41, 5.74) is 0.451. The normalized spacial score (nSPS) is 23.4. The second-order valence-electron chi connectivity index (χ2n) is 7.63. The number of nitrogens with zero attached hydrogens (tertiary/aromatic N) is 1. The lowest BCUT2D eigenvalue weighted by atomic mass is 9.96. The Hall–Kier alpha value is -1.58. The second kappa shape index (κ2) is 8.04. The van der Waals surface area contributed by atoms with E-state index in [0.29, 0.717) is 23.7 Å². The fourth-order valence-electron chi connectivity index (χ4n) is 4.03. The molecule has 2 fully saturated rings. The van der Waals surface area contributed by atoms with Crippen molar-refractivity contribution in [3.05, 3.63) is 18.2 Å². The monoisotopic (exact) mass is 423 g/mol. The maximum atomic E-state index is 12.7. The predicted octanol–water partition coefficient (Wildman–Crippen LogP) is 2.33. The Bertz CT molecular complexity index is 875. The van der Waals surface area contributed by atoms with Crippen LogP contribution < -0.4 is 10.0 Å². The van der Waals surface area contributed by atoms with Crippen LogP contribution in [0.5, 0.6) is 0 Å². The van der Waals surface area contributed by atoms with E-state index in [9.17, 15) is 18.0 Å². The lowest BCUT2D eigenvalue weighted by Gasteiger charge is -2.27. The molecule has 4 rings (SSSR count). The number of hydrogen-bond acceptors (Lipinski definition) is 5. The van der Waals surface area contributed by atoms with Crippen molar-refractivity contribution in [3.8, 4) is 0 Å². The van der Waals surface area contributed by atoms with Gasteiger partial charge in [0, 0.05) is 24.0 Å². The molecule has 2 amide bonds. The van der Waals surface area contributed by atoms with Crippen LogP contribution in [0.2, 0.25) is 0 Å². The molecule has 2 heterocycles. The number of rotatable bonds is 4. The molecule has 2 N–H and O–H groups in total. The van der Waals surface area contributed by atoms with E-state index >= 15 is 0 Å². The molecule has 3 aliphatic rings. The summed E-state index contributed by atoms with van der Waals surface area (Å²) in [5.74, 6) is -0.550. The zero-order valence-corrected chi connectivity index (χ0v) is 17.3. The number of likely N-dealkylation sites (tertiary alicyclic amines) is 1. The summed E-state index contributed by atoms with van der Waals surface area (Å²) < 4.78 is 28.2. The van der Waals surface area contributed by atoms with Gasteiger partial charge in [0.25, 0.3) is 0 Å². The predicted molar refractivity (Wildman–Crippen MR) is 108 cm³/mol. The summed E-state index contributed by atoms with van der Waals surface area (Å²) in [6.45, 7) is 1.39.